The normalized spacial score (nSPS) is 13.9. The van der Waals surface area contributed by atoms with Gasteiger partial charge in [-0.3, -0.25) is 5.84 Å². The molecule has 0 aromatic heterocycles. The lowest BCUT2D eigenvalue weighted by molar-refractivity contribution is -0.138. The molecular formula is C11H15F3N2O2. The number of ether oxygens (including phenoxy) is 2. The van der Waals surface area contributed by atoms with Gasteiger partial charge < -0.3 is 9.47 Å². The van der Waals surface area contributed by atoms with Gasteiger partial charge in [0, 0.05) is 14.2 Å². The second kappa shape index (κ2) is 6.14. The molecule has 3 N–H and O–H groups in total. The van der Waals surface area contributed by atoms with Gasteiger partial charge in [-0.25, -0.2) is 5.43 Å². The van der Waals surface area contributed by atoms with Crippen LogP contribution in [0.5, 0.6) is 0 Å². The molecule has 0 radical (unpaired) electrons. The smallest absolute Gasteiger partial charge is 0.354 e. The fourth-order valence-electron chi connectivity index (χ4n) is 1.61. The van der Waals surface area contributed by atoms with Crippen molar-refractivity contribution >= 4 is 0 Å². The van der Waals surface area contributed by atoms with Gasteiger partial charge in [-0.1, -0.05) is 12.1 Å². The third-order valence-corrected chi connectivity index (χ3v) is 2.49. The molecule has 0 aliphatic rings. The van der Waals surface area contributed by atoms with Crippen LogP contribution in [-0.4, -0.2) is 20.5 Å². The van der Waals surface area contributed by atoms with Crippen molar-refractivity contribution in [3.8, 4) is 0 Å². The van der Waals surface area contributed by atoms with Crippen LogP contribution >= 0.6 is 0 Å². The summed E-state index contributed by atoms with van der Waals surface area (Å²) in [6.07, 6.45) is -5.18. The van der Waals surface area contributed by atoms with Gasteiger partial charge in [-0.15, -0.1) is 0 Å². The number of methoxy groups -OCH3 is 2. The van der Waals surface area contributed by atoms with Gasteiger partial charge in [0.25, 0.3) is 0 Å². The highest BCUT2D eigenvalue weighted by molar-refractivity contribution is 5.28. The van der Waals surface area contributed by atoms with E-state index < -0.39 is 24.1 Å². The summed E-state index contributed by atoms with van der Waals surface area (Å²) in [4.78, 5) is 0. The van der Waals surface area contributed by atoms with E-state index in [0.717, 1.165) is 12.1 Å². The van der Waals surface area contributed by atoms with Crippen LogP contribution in [-0.2, 0) is 15.7 Å². The van der Waals surface area contributed by atoms with Crippen molar-refractivity contribution in [2.75, 3.05) is 14.2 Å². The summed E-state index contributed by atoms with van der Waals surface area (Å²) in [6, 6.07) is 4.14. The predicted octanol–water partition coefficient (Wildman–Crippen LogP) is 1.83. The van der Waals surface area contributed by atoms with Crippen LogP contribution in [0.15, 0.2) is 24.3 Å². The molecule has 1 aromatic rings. The Kier molecular flexibility index (Phi) is 5.09. The van der Waals surface area contributed by atoms with Crippen molar-refractivity contribution in [1.82, 2.24) is 5.43 Å². The zero-order valence-electron chi connectivity index (χ0n) is 9.99. The predicted molar refractivity (Wildman–Crippen MR) is 59.3 cm³/mol. The SMILES string of the molecule is COC(OC)C(NN)c1cccc(C(F)(F)F)c1. The van der Waals surface area contributed by atoms with Crippen molar-refractivity contribution < 1.29 is 22.6 Å². The van der Waals surface area contributed by atoms with E-state index in [1.54, 1.807) is 0 Å². The van der Waals surface area contributed by atoms with Crippen molar-refractivity contribution in [3.63, 3.8) is 0 Å². The largest absolute Gasteiger partial charge is 0.416 e. The number of hydrogen-bond donors (Lipinski definition) is 2. The van der Waals surface area contributed by atoms with E-state index in [2.05, 4.69) is 5.43 Å². The lowest BCUT2D eigenvalue weighted by atomic mass is 10.0. The molecule has 0 heterocycles. The Morgan fingerprint density at radius 2 is 1.83 bits per heavy atom. The number of rotatable bonds is 5. The van der Waals surface area contributed by atoms with Gasteiger partial charge in [-0.05, 0) is 17.7 Å². The maximum atomic E-state index is 12.6. The first-order valence-electron chi connectivity index (χ1n) is 5.13. The highest BCUT2D eigenvalue weighted by atomic mass is 19.4. The number of nitrogens with one attached hydrogen (secondary N) is 1. The van der Waals surface area contributed by atoms with Crippen LogP contribution in [0.4, 0.5) is 13.2 Å². The maximum absolute atomic E-state index is 12.6. The molecule has 0 spiro atoms. The minimum Gasteiger partial charge on any atom is -0.354 e. The Hall–Kier alpha value is -1.15. The van der Waals surface area contributed by atoms with E-state index in [1.165, 1.54) is 26.4 Å². The summed E-state index contributed by atoms with van der Waals surface area (Å²) in [5.41, 5.74) is 1.97. The average molecular weight is 264 g/mol. The molecule has 0 saturated heterocycles. The molecule has 4 nitrogen and oxygen atoms in total. The summed E-state index contributed by atoms with van der Waals surface area (Å²) in [7, 11) is 2.76. The Balaban J connectivity index is 3.07. The van der Waals surface area contributed by atoms with E-state index in [0.29, 0.717) is 5.56 Å². The van der Waals surface area contributed by atoms with Gasteiger partial charge in [0.1, 0.15) is 0 Å². The molecule has 0 aliphatic heterocycles. The van der Waals surface area contributed by atoms with Crippen molar-refractivity contribution in [2.45, 2.75) is 18.5 Å². The third-order valence-electron chi connectivity index (χ3n) is 2.49. The van der Waals surface area contributed by atoms with E-state index in [-0.39, 0.29) is 0 Å². The number of hydrogen-bond acceptors (Lipinski definition) is 4. The Bertz CT molecular complexity index is 381. The highest BCUT2D eigenvalue weighted by Crippen LogP contribution is 2.31. The third kappa shape index (κ3) is 3.42. The molecule has 1 atom stereocenters. The van der Waals surface area contributed by atoms with Crippen LogP contribution < -0.4 is 11.3 Å². The number of alkyl halides is 3. The number of nitrogens with two attached hydrogens (primary N) is 1. The van der Waals surface area contributed by atoms with E-state index in [9.17, 15) is 13.2 Å². The van der Waals surface area contributed by atoms with Crippen molar-refractivity contribution in [3.05, 3.63) is 35.4 Å². The second-order valence-electron chi connectivity index (χ2n) is 3.61. The minimum absolute atomic E-state index is 0.334. The Morgan fingerprint density at radius 3 is 2.28 bits per heavy atom. The van der Waals surface area contributed by atoms with Crippen LogP contribution in [0.1, 0.15) is 17.2 Å². The van der Waals surface area contributed by atoms with Crippen LogP contribution in [0.2, 0.25) is 0 Å². The molecule has 1 unspecified atom stereocenters. The molecule has 0 amide bonds. The molecule has 1 rings (SSSR count). The van der Waals surface area contributed by atoms with Crippen molar-refractivity contribution in [1.29, 1.82) is 0 Å². The van der Waals surface area contributed by atoms with Gasteiger partial charge in [-0.2, -0.15) is 13.2 Å². The summed E-state index contributed by atoms with van der Waals surface area (Å²) in [6.45, 7) is 0. The first kappa shape index (κ1) is 14.9. The molecule has 18 heavy (non-hydrogen) atoms. The summed E-state index contributed by atoms with van der Waals surface area (Å²) in [5.74, 6) is 5.32. The van der Waals surface area contributed by atoms with Crippen LogP contribution in [0.3, 0.4) is 0 Å². The molecule has 0 bridgehead atoms. The monoisotopic (exact) mass is 264 g/mol. The maximum Gasteiger partial charge on any atom is 0.416 e. The number of benzene rings is 1. The molecule has 7 heteroatoms. The van der Waals surface area contributed by atoms with Crippen LogP contribution in [0.25, 0.3) is 0 Å². The zero-order valence-corrected chi connectivity index (χ0v) is 9.99. The zero-order chi connectivity index (χ0) is 13.8. The Morgan fingerprint density at radius 1 is 1.22 bits per heavy atom. The Labute approximate surface area is 103 Å². The van der Waals surface area contributed by atoms with Gasteiger partial charge in [0.2, 0.25) is 0 Å². The number of halogens is 3. The summed E-state index contributed by atoms with van der Waals surface area (Å²) in [5, 5.41) is 0. The standard InChI is InChI=1S/C11H15F3N2O2/c1-17-10(18-2)9(16-15)7-4-3-5-8(6-7)11(12,13)14/h3-6,9-10,16H,15H2,1-2H3. The quantitative estimate of drug-likeness (QED) is 0.484. The number of hydrazine groups is 1. The fraction of sp³-hybridized carbons (Fsp3) is 0.455. The van der Waals surface area contributed by atoms with Crippen molar-refractivity contribution in [2.24, 2.45) is 5.84 Å². The molecule has 0 aliphatic carbocycles. The summed E-state index contributed by atoms with van der Waals surface area (Å²) < 4.78 is 47.7. The first-order chi connectivity index (χ1) is 8.43. The molecule has 1 aromatic carbocycles. The highest BCUT2D eigenvalue weighted by Gasteiger charge is 2.32. The lowest BCUT2D eigenvalue weighted by Crippen LogP contribution is -2.38. The van der Waals surface area contributed by atoms with Crippen LogP contribution in [0, 0.1) is 0 Å². The topological polar surface area (TPSA) is 56.5 Å². The minimum atomic E-state index is -4.40. The van der Waals surface area contributed by atoms with Gasteiger partial charge in [0.05, 0.1) is 11.6 Å². The lowest BCUT2D eigenvalue weighted by Gasteiger charge is -2.24. The summed E-state index contributed by atoms with van der Waals surface area (Å²) >= 11 is 0. The average Bonchev–Trinajstić information content (AvgIpc) is 2.35. The van der Waals surface area contributed by atoms with Gasteiger partial charge in [0.15, 0.2) is 6.29 Å². The molecule has 0 saturated carbocycles. The molecule has 0 fully saturated rings. The van der Waals surface area contributed by atoms with E-state index in [4.69, 9.17) is 15.3 Å². The van der Waals surface area contributed by atoms with E-state index in [1.807, 2.05) is 0 Å². The second-order valence-corrected chi connectivity index (χ2v) is 3.61. The van der Waals surface area contributed by atoms with E-state index >= 15 is 0 Å². The molecule has 102 valence electrons. The molecular weight excluding hydrogens is 249 g/mol. The first-order valence-corrected chi connectivity index (χ1v) is 5.13. The fourth-order valence-corrected chi connectivity index (χ4v) is 1.61. The van der Waals surface area contributed by atoms with Gasteiger partial charge >= 0.3 is 6.18 Å².